The summed E-state index contributed by atoms with van der Waals surface area (Å²) in [5.41, 5.74) is 2.42. The fourth-order valence-electron chi connectivity index (χ4n) is 2.61. The quantitative estimate of drug-likeness (QED) is 0.827. The first-order chi connectivity index (χ1) is 8.74. The number of benzene rings is 1. The second kappa shape index (κ2) is 6.01. The van der Waals surface area contributed by atoms with E-state index in [0.29, 0.717) is 12.5 Å². The van der Waals surface area contributed by atoms with Crippen LogP contribution in [-0.4, -0.2) is 25.5 Å². The van der Waals surface area contributed by atoms with E-state index in [1.54, 1.807) is 0 Å². The Bertz CT molecular complexity index is 417. The van der Waals surface area contributed by atoms with Gasteiger partial charge in [-0.1, -0.05) is 18.2 Å². The van der Waals surface area contributed by atoms with Crippen molar-refractivity contribution in [3.05, 3.63) is 29.8 Å². The summed E-state index contributed by atoms with van der Waals surface area (Å²) in [6.07, 6.45) is 3.67. The predicted octanol–water partition coefficient (Wildman–Crippen LogP) is 2.35. The average molecular weight is 246 g/mol. The lowest BCUT2D eigenvalue weighted by molar-refractivity contribution is -0.119. The van der Waals surface area contributed by atoms with Crippen molar-refractivity contribution in [1.29, 1.82) is 0 Å². The first-order valence-corrected chi connectivity index (χ1v) is 6.78. The lowest BCUT2D eigenvalue weighted by Gasteiger charge is -2.35. The van der Waals surface area contributed by atoms with Gasteiger partial charge in [-0.2, -0.15) is 0 Å². The Balaban J connectivity index is 2.13. The molecule has 0 saturated heterocycles. The largest absolute Gasteiger partial charge is 0.320 e. The van der Waals surface area contributed by atoms with E-state index in [1.807, 2.05) is 18.0 Å². The lowest BCUT2D eigenvalue weighted by atomic mass is 9.96. The third kappa shape index (κ3) is 2.72. The standard InChI is InChI=1S/C15H22N2O/c1-12-9-10-13-6-3-4-7-14(13)17(12)15(18)8-5-11-16-2/h3-4,6-7,12,16H,5,8-11H2,1-2H3. The number of hydrogen-bond acceptors (Lipinski definition) is 2. The summed E-state index contributed by atoms with van der Waals surface area (Å²) in [7, 11) is 1.92. The number of rotatable bonds is 4. The Morgan fingerprint density at radius 1 is 1.44 bits per heavy atom. The molecule has 1 aromatic carbocycles. The Kier molecular flexibility index (Phi) is 4.37. The fraction of sp³-hybridized carbons (Fsp3) is 0.533. The van der Waals surface area contributed by atoms with Crippen LogP contribution in [0.25, 0.3) is 0 Å². The number of aryl methyl sites for hydroxylation is 1. The van der Waals surface area contributed by atoms with Crippen LogP contribution in [0.1, 0.15) is 31.7 Å². The monoisotopic (exact) mass is 246 g/mol. The van der Waals surface area contributed by atoms with E-state index in [0.717, 1.165) is 31.5 Å². The molecule has 0 aliphatic carbocycles. The zero-order valence-electron chi connectivity index (χ0n) is 11.3. The predicted molar refractivity (Wildman–Crippen MR) is 74.9 cm³/mol. The van der Waals surface area contributed by atoms with E-state index in [9.17, 15) is 4.79 Å². The van der Waals surface area contributed by atoms with Gasteiger partial charge in [0.05, 0.1) is 0 Å². The first kappa shape index (κ1) is 13.1. The number of hydrogen-bond donors (Lipinski definition) is 1. The highest BCUT2D eigenvalue weighted by Gasteiger charge is 2.27. The molecule has 1 unspecified atom stereocenters. The molecule has 0 fully saturated rings. The molecule has 18 heavy (non-hydrogen) atoms. The highest BCUT2D eigenvalue weighted by atomic mass is 16.2. The zero-order chi connectivity index (χ0) is 13.0. The van der Waals surface area contributed by atoms with Gasteiger partial charge in [0.15, 0.2) is 0 Å². The third-order valence-corrected chi connectivity index (χ3v) is 3.61. The minimum Gasteiger partial charge on any atom is -0.320 e. The topological polar surface area (TPSA) is 32.3 Å². The van der Waals surface area contributed by atoms with Crippen LogP contribution in [-0.2, 0) is 11.2 Å². The third-order valence-electron chi connectivity index (χ3n) is 3.61. The van der Waals surface area contributed by atoms with Crippen LogP contribution in [0.15, 0.2) is 24.3 Å². The fourth-order valence-corrected chi connectivity index (χ4v) is 2.61. The van der Waals surface area contributed by atoms with E-state index in [4.69, 9.17) is 0 Å². The average Bonchev–Trinajstić information content (AvgIpc) is 2.38. The van der Waals surface area contributed by atoms with Crippen LogP contribution in [0.3, 0.4) is 0 Å². The van der Waals surface area contributed by atoms with Gasteiger partial charge in [0.2, 0.25) is 5.91 Å². The van der Waals surface area contributed by atoms with Gasteiger partial charge in [-0.15, -0.1) is 0 Å². The second-order valence-electron chi connectivity index (χ2n) is 4.99. The van der Waals surface area contributed by atoms with Crippen molar-refractivity contribution in [2.24, 2.45) is 0 Å². The maximum atomic E-state index is 12.3. The molecule has 1 aliphatic rings. The van der Waals surface area contributed by atoms with E-state index < -0.39 is 0 Å². The molecule has 1 atom stereocenters. The van der Waals surface area contributed by atoms with Crippen molar-refractivity contribution in [3.63, 3.8) is 0 Å². The molecule has 0 spiro atoms. The molecule has 3 nitrogen and oxygen atoms in total. The van der Waals surface area contributed by atoms with Crippen LogP contribution in [0.5, 0.6) is 0 Å². The van der Waals surface area contributed by atoms with Crippen molar-refractivity contribution < 1.29 is 4.79 Å². The smallest absolute Gasteiger partial charge is 0.227 e. The number of carbonyl (C=O) groups excluding carboxylic acids is 1. The molecular weight excluding hydrogens is 224 g/mol. The summed E-state index contributed by atoms with van der Waals surface area (Å²) in [4.78, 5) is 14.3. The van der Waals surface area contributed by atoms with Gasteiger partial charge < -0.3 is 10.2 Å². The normalized spacial score (nSPS) is 18.6. The second-order valence-corrected chi connectivity index (χ2v) is 4.99. The number of amides is 1. The van der Waals surface area contributed by atoms with Gasteiger partial charge in [-0.3, -0.25) is 4.79 Å². The SMILES string of the molecule is CNCCCC(=O)N1c2ccccc2CCC1C. The summed E-state index contributed by atoms with van der Waals surface area (Å²) < 4.78 is 0. The molecule has 0 saturated carbocycles. The van der Waals surface area contributed by atoms with Gasteiger partial charge in [0, 0.05) is 18.2 Å². The van der Waals surface area contributed by atoms with Crippen LogP contribution in [0, 0.1) is 0 Å². The van der Waals surface area contributed by atoms with Crippen LogP contribution >= 0.6 is 0 Å². The molecule has 98 valence electrons. The van der Waals surface area contributed by atoms with Gasteiger partial charge in [-0.25, -0.2) is 0 Å². The Morgan fingerprint density at radius 3 is 3.00 bits per heavy atom. The maximum absolute atomic E-state index is 12.3. The van der Waals surface area contributed by atoms with Gasteiger partial charge >= 0.3 is 0 Å². The molecule has 1 heterocycles. The number of nitrogens with zero attached hydrogens (tertiary/aromatic N) is 1. The number of fused-ring (bicyclic) bond motifs is 1. The van der Waals surface area contributed by atoms with E-state index >= 15 is 0 Å². The van der Waals surface area contributed by atoms with Gasteiger partial charge in [0.1, 0.15) is 0 Å². The van der Waals surface area contributed by atoms with E-state index in [-0.39, 0.29) is 5.91 Å². The summed E-state index contributed by atoms with van der Waals surface area (Å²) >= 11 is 0. The minimum atomic E-state index is 0.255. The Morgan fingerprint density at radius 2 is 2.22 bits per heavy atom. The van der Waals surface area contributed by atoms with E-state index in [1.165, 1.54) is 5.56 Å². The summed E-state index contributed by atoms with van der Waals surface area (Å²) in [5, 5.41) is 3.09. The molecule has 0 radical (unpaired) electrons. The molecule has 1 N–H and O–H groups in total. The molecule has 1 amide bonds. The number of carbonyl (C=O) groups is 1. The van der Waals surface area contributed by atoms with Crippen molar-refractivity contribution >= 4 is 11.6 Å². The molecule has 0 bridgehead atoms. The van der Waals surface area contributed by atoms with Crippen LogP contribution in [0.4, 0.5) is 5.69 Å². The Hall–Kier alpha value is -1.35. The van der Waals surface area contributed by atoms with Crippen molar-refractivity contribution in [2.75, 3.05) is 18.5 Å². The van der Waals surface area contributed by atoms with Gasteiger partial charge in [-0.05, 0) is 51.4 Å². The lowest BCUT2D eigenvalue weighted by Crippen LogP contribution is -2.42. The van der Waals surface area contributed by atoms with E-state index in [2.05, 4.69) is 30.4 Å². The van der Waals surface area contributed by atoms with Crippen molar-refractivity contribution in [2.45, 2.75) is 38.6 Å². The number of anilines is 1. The van der Waals surface area contributed by atoms with Crippen molar-refractivity contribution in [3.8, 4) is 0 Å². The van der Waals surface area contributed by atoms with Gasteiger partial charge in [0.25, 0.3) is 0 Å². The summed E-state index contributed by atoms with van der Waals surface area (Å²) in [5.74, 6) is 0.255. The number of nitrogens with one attached hydrogen (secondary N) is 1. The molecule has 3 heteroatoms. The minimum absolute atomic E-state index is 0.255. The maximum Gasteiger partial charge on any atom is 0.227 e. The molecule has 1 aromatic rings. The number of para-hydroxylation sites is 1. The molecule has 0 aromatic heterocycles. The highest BCUT2D eigenvalue weighted by Crippen LogP contribution is 2.30. The molecule has 2 rings (SSSR count). The van der Waals surface area contributed by atoms with Crippen molar-refractivity contribution in [1.82, 2.24) is 5.32 Å². The summed E-state index contributed by atoms with van der Waals surface area (Å²) in [6, 6.07) is 8.60. The van der Waals surface area contributed by atoms with Crippen LogP contribution < -0.4 is 10.2 Å². The zero-order valence-corrected chi connectivity index (χ0v) is 11.3. The van der Waals surface area contributed by atoms with Crippen LogP contribution in [0.2, 0.25) is 0 Å². The highest BCUT2D eigenvalue weighted by molar-refractivity contribution is 5.95. The first-order valence-electron chi connectivity index (χ1n) is 6.78. The Labute approximate surface area is 109 Å². The molecule has 1 aliphatic heterocycles. The molecular formula is C15H22N2O. The summed E-state index contributed by atoms with van der Waals surface area (Å²) in [6.45, 7) is 3.04.